The van der Waals surface area contributed by atoms with Crippen molar-refractivity contribution in [2.75, 3.05) is 23.8 Å². The molecule has 2 N–H and O–H groups in total. The number of nitrogens with one attached hydrogen (secondary N) is 1. The summed E-state index contributed by atoms with van der Waals surface area (Å²) in [4.78, 5) is 17.7. The molecule has 154 valence electrons. The van der Waals surface area contributed by atoms with Crippen LogP contribution in [0.1, 0.15) is 46.3 Å². The number of hydrogen-bond acceptors (Lipinski definition) is 4. The van der Waals surface area contributed by atoms with Crippen LogP contribution in [0.3, 0.4) is 0 Å². The molecule has 0 saturated heterocycles. The van der Waals surface area contributed by atoms with E-state index < -0.39 is 5.97 Å². The van der Waals surface area contributed by atoms with Crippen molar-refractivity contribution in [1.82, 2.24) is 4.98 Å². The Bertz CT molecular complexity index is 1050. The standard InChI is InChI=1S/C25H27N3O2/c1-3-17-4-8-20(9-5-17)28(2)21-10-11-22-18(14-21)6-7-19(22)15-27-24-16-26-13-12-23(24)25(29)30/h4-5,8-14,16,19,27H,3,6-7,15H2,1-2H3,(H,29,30)/t19-/m0/s1. The zero-order valence-electron chi connectivity index (χ0n) is 17.4. The molecular weight excluding hydrogens is 374 g/mol. The Morgan fingerprint density at radius 3 is 2.67 bits per heavy atom. The summed E-state index contributed by atoms with van der Waals surface area (Å²) < 4.78 is 0. The number of anilines is 3. The summed E-state index contributed by atoms with van der Waals surface area (Å²) in [7, 11) is 2.10. The molecule has 0 unspecified atom stereocenters. The Labute approximate surface area is 177 Å². The summed E-state index contributed by atoms with van der Waals surface area (Å²) in [5.74, 6) is -0.573. The number of carboxylic acids is 1. The van der Waals surface area contributed by atoms with Crippen molar-refractivity contribution in [3.05, 3.63) is 83.2 Å². The zero-order valence-corrected chi connectivity index (χ0v) is 17.4. The van der Waals surface area contributed by atoms with Crippen LogP contribution in [0.2, 0.25) is 0 Å². The predicted molar refractivity (Wildman–Crippen MR) is 121 cm³/mol. The van der Waals surface area contributed by atoms with Gasteiger partial charge in [0.15, 0.2) is 0 Å². The maximum atomic E-state index is 11.4. The van der Waals surface area contributed by atoms with E-state index in [1.165, 1.54) is 40.3 Å². The van der Waals surface area contributed by atoms with Gasteiger partial charge in [0, 0.05) is 37.1 Å². The molecule has 1 heterocycles. The number of benzene rings is 2. The van der Waals surface area contributed by atoms with Crippen LogP contribution in [-0.4, -0.2) is 29.7 Å². The van der Waals surface area contributed by atoms with Crippen LogP contribution in [-0.2, 0) is 12.8 Å². The van der Waals surface area contributed by atoms with E-state index in [1.54, 1.807) is 6.20 Å². The first-order chi connectivity index (χ1) is 14.6. The Hall–Kier alpha value is -3.34. The van der Waals surface area contributed by atoms with Crippen molar-refractivity contribution in [2.24, 2.45) is 0 Å². The van der Waals surface area contributed by atoms with Gasteiger partial charge in [-0.3, -0.25) is 4.98 Å². The van der Waals surface area contributed by atoms with Gasteiger partial charge in [0.05, 0.1) is 17.4 Å². The molecule has 4 rings (SSSR count). The van der Waals surface area contributed by atoms with Gasteiger partial charge >= 0.3 is 5.97 Å². The fraction of sp³-hybridized carbons (Fsp3) is 0.280. The quantitative estimate of drug-likeness (QED) is 0.566. The fourth-order valence-electron chi connectivity index (χ4n) is 4.17. The van der Waals surface area contributed by atoms with E-state index >= 15 is 0 Å². The summed E-state index contributed by atoms with van der Waals surface area (Å²) in [6, 6.07) is 16.9. The lowest BCUT2D eigenvalue weighted by molar-refractivity contribution is 0.0698. The van der Waals surface area contributed by atoms with E-state index in [0.717, 1.165) is 19.3 Å². The topological polar surface area (TPSA) is 65.5 Å². The molecule has 0 aliphatic heterocycles. The fourth-order valence-corrected chi connectivity index (χ4v) is 4.17. The molecule has 0 fully saturated rings. The minimum atomic E-state index is -0.939. The van der Waals surface area contributed by atoms with Crippen molar-refractivity contribution in [2.45, 2.75) is 32.1 Å². The van der Waals surface area contributed by atoms with Crippen LogP contribution in [0.4, 0.5) is 17.1 Å². The molecule has 0 bridgehead atoms. The highest BCUT2D eigenvalue weighted by Gasteiger charge is 2.23. The number of pyridine rings is 1. The van der Waals surface area contributed by atoms with Gasteiger partial charge in [0.2, 0.25) is 0 Å². The third-order valence-corrected chi connectivity index (χ3v) is 6.04. The highest BCUT2D eigenvalue weighted by atomic mass is 16.4. The first-order valence-electron chi connectivity index (χ1n) is 10.4. The molecular formula is C25H27N3O2. The Morgan fingerprint density at radius 1 is 1.17 bits per heavy atom. The van der Waals surface area contributed by atoms with Crippen molar-refractivity contribution >= 4 is 23.0 Å². The predicted octanol–water partition coefficient (Wildman–Crippen LogP) is 5.25. The van der Waals surface area contributed by atoms with Gasteiger partial charge in [0.1, 0.15) is 0 Å². The number of hydrogen-bond donors (Lipinski definition) is 2. The van der Waals surface area contributed by atoms with Gasteiger partial charge in [-0.25, -0.2) is 4.79 Å². The smallest absolute Gasteiger partial charge is 0.337 e. The third-order valence-electron chi connectivity index (χ3n) is 6.04. The average Bonchev–Trinajstić information content (AvgIpc) is 3.19. The van der Waals surface area contributed by atoms with Gasteiger partial charge in [0.25, 0.3) is 0 Å². The number of aryl methyl sites for hydroxylation is 2. The lowest BCUT2D eigenvalue weighted by Crippen LogP contribution is -2.13. The Morgan fingerprint density at radius 2 is 1.93 bits per heavy atom. The van der Waals surface area contributed by atoms with Crippen LogP contribution >= 0.6 is 0 Å². The third kappa shape index (κ3) is 4.01. The van der Waals surface area contributed by atoms with Gasteiger partial charge in [-0.05, 0) is 66.3 Å². The van der Waals surface area contributed by atoms with Gasteiger partial charge in [-0.1, -0.05) is 25.1 Å². The van der Waals surface area contributed by atoms with Gasteiger partial charge < -0.3 is 15.3 Å². The molecule has 2 aromatic carbocycles. The molecule has 1 aliphatic carbocycles. The maximum absolute atomic E-state index is 11.4. The lowest BCUT2D eigenvalue weighted by Gasteiger charge is -2.21. The van der Waals surface area contributed by atoms with E-state index in [1.807, 2.05) is 0 Å². The van der Waals surface area contributed by atoms with E-state index in [9.17, 15) is 9.90 Å². The monoisotopic (exact) mass is 401 g/mol. The van der Waals surface area contributed by atoms with Crippen LogP contribution in [0.5, 0.6) is 0 Å². The normalized spacial score (nSPS) is 14.9. The molecule has 0 radical (unpaired) electrons. The molecule has 5 heteroatoms. The molecule has 1 atom stereocenters. The number of carboxylic acid groups (broad SMARTS) is 1. The van der Waals surface area contributed by atoms with Crippen molar-refractivity contribution in [1.29, 1.82) is 0 Å². The number of fused-ring (bicyclic) bond motifs is 1. The second kappa shape index (κ2) is 8.57. The zero-order chi connectivity index (χ0) is 21.1. The van der Waals surface area contributed by atoms with Crippen molar-refractivity contribution in [3.8, 4) is 0 Å². The molecule has 0 spiro atoms. The van der Waals surface area contributed by atoms with Crippen molar-refractivity contribution in [3.63, 3.8) is 0 Å². The number of carbonyl (C=O) groups is 1. The largest absolute Gasteiger partial charge is 0.478 e. The summed E-state index contributed by atoms with van der Waals surface area (Å²) in [5, 5.41) is 12.6. The van der Waals surface area contributed by atoms with E-state index in [4.69, 9.17) is 0 Å². The van der Waals surface area contributed by atoms with E-state index in [0.29, 0.717) is 18.2 Å². The lowest BCUT2D eigenvalue weighted by atomic mass is 10.0. The number of nitrogens with zero attached hydrogens (tertiary/aromatic N) is 2. The summed E-state index contributed by atoms with van der Waals surface area (Å²) in [6.45, 7) is 2.87. The number of aromatic nitrogens is 1. The first-order valence-corrected chi connectivity index (χ1v) is 10.4. The van der Waals surface area contributed by atoms with E-state index in [-0.39, 0.29) is 5.56 Å². The van der Waals surface area contributed by atoms with Crippen molar-refractivity contribution < 1.29 is 9.90 Å². The van der Waals surface area contributed by atoms with Crippen LogP contribution in [0, 0.1) is 0 Å². The van der Waals surface area contributed by atoms with Crippen LogP contribution in [0.25, 0.3) is 0 Å². The molecule has 5 nitrogen and oxygen atoms in total. The maximum Gasteiger partial charge on any atom is 0.337 e. The van der Waals surface area contributed by atoms with Crippen LogP contribution < -0.4 is 10.2 Å². The summed E-state index contributed by atoms with van der Waals surface area (Å²) in [5.41, 5.74) is 7.27. The van der Waals surface area contributed by atoms with Gasteiger partial charge in [-0.2, -0.15) is 0 Å². The van der Waals surface area contributed by atoms with Crippen LogP contribution in [0.15, 0.2) is 60.9 Å². The SMILES string of the molecule is CCc1ccc(N(C)c2ccc3c(c2)CC[C@H]3CNc2cnccc2C(=O)O)cc1. The highest BCUT2D eigenvalue weighted by Crippen LogP contribution is 2.37. The molecule has 0 saturated carbocycles. The highest BCUT2D eigenvalue weighted by molar-refractivity contribution is 5.93. The Balaban J connectivity index is 1.48. The second-order valence-electron chi connectivity index (χ2n) is 7.81. The van der Waals surface area contributed by atoms with E-state index in [2.05, 4.69) is 71.6 Å². The summed E-state index contributed by atoms with van der Waals surface area (Å²) in [6.07, 6.45) is 6.24. The number of aromatic carboxylic acids is 1. The molecule has 1 aromatic heterocycles. The molecule has 1 aliphatic rings. The molecule has 30 heavy (non-hydrogen) atoms. The minimum Gasteiger partial charge on any atom is -0.478 e. The minimum absolute atomic E-state index is 0.259. The number of rotatable bonds is 7. The molecule has 3 aromatic rings. The Kier molecular flexibility index (Phi) is 5.70. The summed E-state index contributed by atoms with van der Waals surface area (Å²) >= 11 is 0. The molecule has 0 amide bonds. The first kappa shape index (κ1) is 20.0. The van der Waals surface area contributed by atoms with Gasteiger partial charge in [-0.15, -0.1) is 0 Å². The second-order valence-corrected chi connectivity index (χ2v) is 7.81. The average molecular weight is 402 g/mol.